The normalized spacial score (nSPS) is 37.6. The number of nitrogens with one attached hydrogen (secondary N) is 1. The molecule has 1 saturated carbocycles. The number of piperidine rings is 1. The standard InChI is InChI=1S/C7H13N3/c8-7(9)4-10-2-5-1-6(5)3-10/h5-6H,1-4H2,(H3,8,9). The maximum absolute atomic E-state index is 7.08. The van der Waals surface area contributed by atoms with Gasteiger partial charge in [-0.15, -0.1) is 0 Å². The van der Waals surface area contributed by atoms with Crippen LogP contribution in [-0.2, 0) is 0 Å². The predicted molar refractivity (Wildman–Crippen MR) is 40.0 cm³/mol. The summed E-state index contributed by atoms with van der Waals surface area (Å²) < 4.78 is 0. The van der Waals surface area contributed by atoms with Crippen molar-refractivity contribution >= 4 is 5.84 Å². The molecule has 0 spiro atoms. The van der Waals surface area contributed by atoms with Gasteiger partial charge in [-0.3, -0.25) is 10.3 Å². The summed E-state index contributed by atoms with van der Waals surface area (Å²) in [5, 5.41) is 7.08. The lowest BCUT2D eigenvalue weighted by molar-refractivity contribution is 0.346. The van der Waals surface area contributed by atoms with Gasteiger partial charge in [0.2, 0.25) is 0 Å². The predicted octanol–water partition coefficient (Wildman–Crippen LogP) is -0.126. The minimum atomic E-state index is 0.307. The molecule has 2 rings (SSSR count). The third-order valence-corrected chi connectivity index (χ3v) is 2.45. The number of rotatable bonds is 2. The zero-order chi connectivity index (χ0) is 7.14. The second-order valence-electron chi connectivity index (χ2n) is 3.48. The molecule has 3 nitrogen and oxygen atoms in total. The molecule has 10 heavy (non-hydrogen) atoms. The third kappa shape index (κ3) is 1.01. The molecule has 0 aromatic heterocycles. The van der Waals surface area contributed by atoms with Gasteiger partial charge >= 0.3 is 0 Å². The second-order valence-corrected chi connectivity index (χ2v) is 3.48. The highest BCUT2D eigenvalue weighted by atomic mass is 15.2. The van der Waals surface area contributed by atoms with Crippen LogP contribution in [0, 0.1) is 17.2 Å². The molecule has 2 fully saturated rings. The number of hydrogen-bond donors (Lipinski definition) is 2. The van der Waals surface area contributed by atoms with Crippen LogP contribution in [-0.4, -0.2) is 30.4 Å². The molecule has 0 aromatic carbocycles. The number of fused-ring (bicyclic) bond motifs is 1. The molecular formula is C7H13N3. The van der Waals surface area contributed by atoms with Crippen LogP contribution in [0.4, 0.5) is 0 Å². The minimum absolute atomic E-state index is 0.307. The molecule has 0 aromatic rings. The summed E-state index contributed by atoms with van der Waals surface area (Å²) >= 11 is 0. The smallest absolute Gasteiger partial charge is 0.105 e. The Balaban J connectivity index is 1.80. The molecule has 1 heterocycles. The van der Waals surface area contributed by atoms with Crippen molar-refractivity contribution in [3.05, 3.63) is 0 Å². The van der Waals surface area contributed by atoms with E-state index in [4.69, 9.17) is 11.1 Å². The first-order chi connectivity index (χ1) is 4.75. The van der Waals surface area contributed by atoms with E-state index in [1.165, 1.54) is 19.5 Å². The molecule has 2 atom stereocenters. The quantitative estimate of drug-likeness (QED) is 0.414. The minimum Gasteiger partial charge on any atom is -0.387 e. The maximum atomic E-state index is 7.08. The van der Waals surface area contributed by atoms with Crippen LogP contribution in [0.2, 0.25) is 0 Å². The van der Waals surface area contributed by atoms with Gasteiger partial charge in [0.1, 0.15) is 5.84 Å². The summed E-state index contributed by atoms with van der Waals surface area (Å²) in [6, 6.07) is 0. The Kier molecular flexibility index (Phi) is 1.20. The largest absolute Gasteiger partial charge is 0.387 e. The van der Waals surface area contributed by atoms with E-state index in [0.29, 0.717) is 12.4 Å². The van der Waals surface area contributed by atoms with E-state index in [-0.39, 0.29) is 0 Å². The highest BCUT2D eigenvalue weighted by Gasteiger charge is 2.44. The van der Waals surface area contributed by atoms with Gasteiger partial charge in [0.05, 0.1) is 6.54 Å². The molecule has 0 radical (unpaired) electrons. The Morgan fingerprint density at radius 2 is 2.10 bits per heavy atom. The van der Waals surface area contributed by atoms with E-state index in [0.717, 1.165) is 11.8 Å². The maximum Gasteiger partial charge on any atom is 0.105 e. The van der Waals surface area contributed by atoms with E-state index < -0.39 is 0 Å². The first kappa shape index (κ1) is 6.16. The van der Waals surface area contributed by atoms with Crippen LogP contribution in [0.15, 0.2) is 0 Å². The molecule has 2 unspecified atom stereocenters. The molecule has 1 aliphatic heterocycles. The number of nitrogens with zero attached hydrogens (tertiary/aromatic N) is 1. The summed E-state index contributed by atoms with van der Waals surface area (Å²) in [7, 11) is 0. The molecule has 56 valence electrons. The van der Waals surface area contributed by atoms with Crippen LogP contribution in [0.1, 0.15) is 6.42 Å². The zero-order valence-corrected chi connectivity index (χ0v) is 6.01. The molecule has 0 amide bonds. The van der Waals surface area contributed by atoms with Crippen molar-refractivity contribution in [2.24, 2.45) is 17.6 Å². The van der Waals surface area contributed by atoms with E-state index in [2.05, 4.69) is 4.90 Å². The van der Waals surface area contributed by atoms with Gasteiger partial charge < -0.3 is 5.73 Å². The topological polar surface area (TPSA) is 53.1 Å². The zero-order valence-electron chi connectivity index (χ0n) is 6.01. The fourth-order valence-electron chi connectivity index (χ4n) is 1.87. The lowest BCUT2D eigenvalue weighted by Crippen LogP contribution is -2.32. The van der Waals surface area contributed by atoms with Crippen molar-refractivity contribution < 1.29 is 0 Å². The highest BCUT2D eigenvalue weighted by molar-refractivity contribution is 5.79. The van der Waals surface area contributed by atoms with Crippen molar-refractivity contribution in [1.29, 1.82) is 5.41 Å². The molecular weight excluding hydrogens is 126 g/mol. The van der Waals surface area contributed by atoms with Crippen molar-refractivity contribution in [1.82, 2.24) is 4.90 Å². The van der Waals surface area contributed by atoms with Crippen molar-refractivity contribution in [2.45, 2.75) is 6.42 Å². The second kappa shape index (κ2) is 1.95. The Labute approximate surface area is 60.7 Å². The van der Waals surface area contributed by atoms with Crippen LogP contribution >= 0.6 is 0 Å². The van der Waals surface area contributed by atoms with Crippen molar-refractivity contribution in [3.63, 3.8) is 0 Å². The van der Waals surface area contributed by atoms with Crippen LogP contribution in [0.5, 0.6) is 0 Å². The molecule has 0 bridgehead atoms. The van der Waals surface area contributed by atoms with Gasteiger partial charge in [0.15, 0.2) is 0 Å². The number of amidine groups is 1. The summed E-state index contributed by atoms with van der Waals surface area (Å²) in [5.41, 5.74) is 5.27. The summed E-state index contributed by atoms with van der Waals surface area (Å²) in [4.78, 5) is 2.28. The summed E-state index contributed by atoms with van der Waals surface area (Å²) in [6.45, 7) is 3.06. The summed E-state index contributed by atoms with van der Waals surface area (Å²) in [5.74, 6) is 2.22. The molecule has 3 heteroatoms. The number of nitrogens with two attached hydrogens (primary N) is 1. The van der Waals surface area contributed by atoms with Crippen LogP contribution in [0.25, 0.3) is 0 Å². The van der Waals surface area contributed by atoms with Gasteiger partial charge in [-0.25, -0.2) is 0 Å². The molecule has 3 N–H and O–H groups in total. The fourth-order valence-corrected chi connectivity index (χ4v) is 1.87. The first-order valence-corrected chi connectivity index (χ1v) is 3.81. The van der Waals surface area contributed by atoms with Gasteiger partial charge in [0, 0.05) is 13.1 Å². The Bertz CT molecular complexity index is 156. The van der Waals surface area contributed by atoms with Gasteiger partial charge in [-0.1, -0.05) is 0 Å². The van der Waals surface area contributed by atoms with Crippen molar-refractivity contribution in [2.75, 3.05) is 19.6 Å². The molecule has 1 saturated heterocycles. The highest BCUT2D eigenvalue weighted by Crippen LogP contribution is 2.44. The van der Waals surface area contributed by atoms with E-state index in [1.807, 2.05) is 0 Å². The van der Waals surface area contributed by atoms with Gasteiger partial charge in [0.25, 0.3) is 0 Å². The summed E-state index contributed by atoms with van der Waals surface area (Å²) in [6.07, 6.45) is 1.43. The van der Waals surface area contributed by atoms with Gasteiger partial charge in [-0.2, -0.15) is 0 Å². The lowest BCUT2D eigenvalue weighted by Gasteiger charge is -2.15. The first-order valence-electron chi connectivity index (χ1n) is 3.81. The molecule has 1 aliphatic carbocycles. The van der Waals surface area contributed by atoms with Gasteiger partial charge in [-0.05, 0) is 18.3 Å². The number of likely N-dealkylation sites (tertiary alicyclic amines) is 1. The number of hydrogen-bond acceptors (Lipinski definition) is 2. The Hall–Kier alpha value is -0.570. The van der Waals surface area contributed by atoms with E-state index in [9.17, 15) is 0 Å². The SMILES string of the molecule is N=C(N)CN1CC2CC2C1. The average Bonchev–Trinajstić information content (AvgIpc) is 2.39. The molecule has 2 aliphatic rings. The van der Waals surface area contributed by atoms with Crippen LogP contribution in [0.3, 0.4) is 0 Å². The Morgan fingerprint density at radius 1 is 1.50 bits per heavy atom. The fraction of sp³-hybridized carbons (Fsp3) is 0.857. The van der Waals surface area contributed by atoms with Crippen LogP contribution < -0.4 is 5.73 Å². The Morgan fingerprint density at radius 3 is 2.60 bits per heavy atom. The van der Waals surface area contributed by atoms with E-state index >= 15 is 0 Å². The van der Waals surface area contributed by atoms with Crippen molar-refractivity contribution in [3.8, 4) is 0 Å². The average molecular weight is 139 g/mol. The monoisotopic (exact) mass is 139 g/mol. The third-order valence-electron chi connectivity index (χ3n) is 2.45. The van der Waals surface area contributed by atoms with E-state index in [1.54, 1.807) is 0 Å². The lowest BCUT2D eigenvalue weighted by atomic mass is 10.4.